The van der Waals surface area contributed by atoms with E-state index in [1.165, 1.54) is 0 Å². The van der Waals surface area contributed by atoms with Crippen LogP contribution in [0, 0.1) is 0 Å². The van der Waals surface area contributed by atoms with E-state index in [0.717, 1.165) is 19.4 Å². The zero-order valence-electron chi connectivity index (χ0n) is 9.23. The summed E-state index contributed by atoms with van der Waals surface area (Å²) in [6, 6.07) is 0.200. The fraction of sp³-hybridized carbons (Fsp3) is 0.778. The number of H-pyrrole nitrogens is 1. The topological polar surface area (TPSA) is 95.6 Å². The van der Waals surface area contributed by atoms with Crippen molar-refractivity contribution in [3.05, 3.63) is 5.82 Å². The number of rotatable bonds is 3. The number of amides is 1. The first-order chi connectivity index (χ1) is 7.75. The number of nitrogens with one attached hydrogen (secondary N) is 3. The van der Waals surface area contributed by atoms with Crippen LogP contribution in [0.15, 0.2) is 0 Å². The van der Waals surface area contributed by atoms with Gasteiger partial charge in [0.05, 0.1) is 6.04 Å². The number of aromatic amines is 1. The van der Waals surface area contributed by atoms with Crippen molar-refractivity contribution < 1.29 is 4.79 Å². The van der Waals surface area contributed by atoms with Crippen molar-refractivity contribution >= 4 is 5.91 Å². The third-order valence-electron chi connectivity index (χ3n) is 2.72. The summed E-state index contributed by atoms with van der Waals surface area (Å²) < 4.78 is 0. The molecular formula is C9H16N6O. The van der Waals surface area contributed by atoms with Crippen molar-refractivity contribution in [2.24, 2.45) is 0 Å². The first kappa shape index (κ1) is 11.0. The molecule has 1 aliphatic rings. The fourth-order valence-electron chi connectivity index (χ4n) is 1.90. The molecule has 2 rings (SSSR count). The maximum absolute atomic E-state index is 11.4. The normalized spacial score (nSPS) is 23.6. The monoisotopic (exact) mass is 224 g/mol. The minimum Gasteiger partial charge on any atom is -0.356 e. The summed E-state index contributed by atoms with van der Waals surface area (Å²) in [7, 11) is 0. The van der Waals surface area contributed by atoms with Gasteiger partial charge in [0.15, 0.2) is 5.82 Å². The second kappa shape index (κ2) is 5.02. The molecule has 7 heteroatoms. The first-order valence-corrected chi connectivity index (χ1v) is 5.52. The summed E-state index contributed by atoms with van der Waals surface area (Å²) in [5, 5.41) is 20.0. The zero-order valence-corrected chi connectivity index (χ0v) is 9.23. The van der Waals surface area contributed by atoms with Gasteiger partial charge in [-0.3, -0.25) is 4.79 Å². The van der Waals surface area contributed by atoms with Gasteiger partial charge in [0.25, 0.3) is 0 Å². The number of tetrazole rings is 1. The van der Waals surface area contributed by atoms with E-state index in [2.05, 4.69) is 31.3 Å². The first-order valence-electron chi connectivity index (χ1n) is 5.52. The lowest BCUT2D eigenvalue weighted by Gasteiger charge is -2.18. The van der Waals surface area contributed by atoms with Crippen molar-refractivity contribution in [3.8, 4) is 0 Å². The van der Waals surface area contributed by atoms with Crippen LogP contribution in [0.4, 0.5) is 0 Å². The average Bonchev–Trinajstić information content (AvgIpc) is 2.70. The van der Waals surface area contributed by atoms with Crippen LogP contribution >= 0.6 is 0 Å². The molecule has 1 aromatic heterocycles. The van der Waals surface area contributed by atoms with Gasteiger partial charge in [0.1, 0.15) is 0 Å². The highest BCUT2D eigenvalue weighted by Gasteiger charge is 2.20. The van der Waals surface area contributed by atoms with E-state index in [9.17, 15) is 4.79 Å². The molecule has 1 fully saturated rings. The van der Waals surface area contributed by atoms with E-state index in [1.807, 2.05) is 6.92 Å². The second-order valence-corrected chi connectivity index (χ2v) is 4.05. The molecule has 0 saturated carbocycles. The highest BCUT2D eigenvalue weighted by molar-refractivity contribution is 5.76. The highest BCUT2D eigenvalue weighted by atomic mass is 16.1. The van der Waals surface area contributed by atoms with E-state index in [-0.39, 0.29) is 18.0 Å². The smallest absolute Gasteiger partial charge is 0.221 e. The fourth-order valence-corrected chi connectivity index (χ4v) is 1.90. The van der Waals surface area contributed by atoms with Crippen LogP contribution in [0.25, 0.3) is 0 Å². The Kier molecular flexibility index (Phi) is 3.45. The third kappa shape index (κ3) is 2.75. The van der Waals surface area contributed by atoms with Crippen LogP contribution in [-0.4, -0.2) is 39.1 Å². The van der Waals surface area contributed by atoms with Crippen molar-refractivity contribution in [1.82, 2.24) is 31.3 Å². The van der Waals surface area contributed by atoms with Crippen LogP contribution in [0.2, 0.25) is 0 Å². The summed E-state index contributed by atoms with van der Waals surface area (Å²) in [4.78, 5) is 11.4. The van der Waals surface area contributed by atoms with Gasteiger partial charge < -0.3 is 10.6 Å². The molecule has 0 aliphatic carbocycles. The molecule has 1 amide bonds. The molecule has 1 aromatic rings. The molecule has 2 atom stereocenters. The molecule has 1 aliphatic heterocycles. The summed E-state index contributed by atoms with van der Waals surface area (Å²) >= 11 is 0. The van der Waals surface area contributed by atoms with Crippen molar-refractivity contribution in [1.29, 1.82) is 0 Å². The van der Waals surface area contributed by atoms with E-state index in [4.69, 9.17) is 0 Å². The van der Waals surface area contributed by atoms with Gasteiger partial charge in [-0.1, -0.05) is 5.21 Å². The Morgan fingerprint density at radius 3 is 3.19 bits per heavy atom. The van der Waals surface area contributed by atoms with E-state index in [0.29, 0.717) is 12.2 Å². The average molecular weight is 224 g/mol. The van der Waals surface area contributed by atoms with Crippen LogP contribution in [0.5, 0.6) is 0 Å². The largest absolute Gasteiger partial charge is 0.356 e. The Bertz CT molecular complexity index is 338. The van der Waals surface area contributed by atoms with Gasteiger partial charge in [-0.05, 0) is 19.8 Å². The Hall–Kier alpha value is -1.50. The summed E-state index contributed by atoms with van der Waals surface area (Å²) in [5.41, 5.74) is 0. The predicted molar refractivity (Wildman–Crippen MR) is 56.4 cm³/mol. The minimum atomic E-state index is 0.00894. The number of aromatic nitrogens is 4. The lowest BCUT2D eigenvalue weighted by molar-refractivity contribution is -0.121. The van der Waals surface area contributed by atoms with Gasteiger partial charge in [-0.2, -0.15) is 5.21 Å². The van der Waals surface area contributed by atoms with Crippen LogP contribution < -0.4 is 10.6 Å². The van der Waals surface area contributed by atoms with Gasteiger partial charge >= 0.3 is 0 Å². The lowest BCUT2D eigenvalue weighted by atomic mass is 10.1. The predicted octanol–water partition coefficient (Wildman–Crippen LogP) is -0.481. The van der Waals surface area contributed by atoms with Crippen LogP contribution in [0.3, 0.4) is 0 Å². The van der Waals surface area contributed by atoms with Crippen molar-refractivity contribution in [3.63, 3.8) is 0 Å². The number of carbonyl (C=O) groups excluding carboxylic acids is 1. The van der Waals surface area contributed by atoms with E-state index < -0.39 is 0 Å². The Morgan fingerprint density at radius 2 is 2.44 bits per heavy atom. The molecule has 0 bridgehead atoms. The second-order valence-electron chi connectivity index (χ2n) is 4.05. The van der Waals surface area contributed by atoms with Gasteiger partial charge in [-0.15, -0.1) is 10.2 Å². The molecule has 1 saturated heterocycles. The molecule has 2 unspecified atom stereocenters. The molecule has 7 nitrogen and oxygen atoms in total. The molecule has 16 heavy (non-hydrogen) atoms. The van der Waals surface area contributed by atoms with Crippen molar-refractivity contribution in [2.75, 3.05) is 6.54 Å². The van der Waals surface area contributed by atoms with E-state index >= 15 is 0 Å². The Morgan fingerprint density at radius 1 is 1.56 bits per heavy atom. The summed E-state index contributed by atoms with van der Waals surface area (Å²) in [6.45, 7) is 2.74. The molecule has 3 N–H and O–H groups in total. The zero-order chi connectivity index (χ0) is 11.4. The number of hydrogen-bond acceptors (Lipinski definition) is 5. The number of hydrogen-bond donors (Lipinski definition) is 3. The molecule has 0 spiro atoms. The van der Waals surface area contributed by atoms with E-state index in [1.54, 1.807) is 0 Å². The minimum absolute atomic E-state index is 0.00894. The Balaban J connectivity index is 1.90. The van der Waals surface area contributed by atoms with Gasteiger partial charge in [0, 0.05) is 19.0 Å². The molecule has 88 valence electrons. The Labute approximate surface area is 93.4 Å². The van der Waals surface area contributed by atoms with Crippen LogP contribution in [0.1, 0.15) is 38.1 Å². The molecule has 2 heterocycles. The number of nitrogens with zero attached hydrogens (tertiary/aromatic N) is 3. The van der Waals surface area contributed by atoms with Gasteiger partial charge in [0.2, 0.25) is 5.91 Å². The summed E-state index contributed by atoms with van der Waals surface area (Å²) in [6.07, 6.45) is 2.51. The molecule has 0 aromatic carbocycles. The summed E-state index contributed by atoms with van der Waals surface area (Å²) in [5.74, 6) is 0.736. The third-order valence-corrected chi connectivity index (χ3v) is 2.72. The maximum atomic E-state index is 11.4. The highest BCUT2D eigenvalue weighted by Crippen LogP contribution is 2.12. The quantitative estimate of drug-likeness (QED) is 0.644. The standard InChI is InChI=1S/C9H16N6O/c1-6(9-12-14-15-13-9)11-7-3-2-4-10-8(16)5-7/h6-7,11H,2-5H2,1H3,(H,10,16)(H,12,13,14,15). The van der Waals surface area contributed by atoms with Gasteiger partial charge in [-0.25, -0.2) is 0 Å². The maximum Gasteiger partial charge on any atom is 0.221 e. The van der Waals surface area contributed by atoms with Crippen LogP contribution in [-0.2, 0) is 4.79 Å². The molecular weight excluding hydrogens is 208 g/mol. The van der Waals surface area contributed by atoms with Crippen molar-refractivity contribution in [2.45, 2.75) is 38.3 Å². The SMILES string of the molecule is CC(NC1CCCNC(=O)C1)c1nn[nH]n1. The lowest BCUT2D eigenvalue weighted by Crippen LogP contribution is -2.34. The molecule has 0 radical (unpaired) electrons. The number of carbonyl (C=O) groups is 1.